The summed E-state index contributed by atoms with van der Waals surface area (Å²) in [6.45, 7) is -0.619. The number of aromatic nitrogens is 1. The topological polar surface area (TPSA) is 97.5 Å². The first kappa shape index (κ1) is 18.5. The number of benzene rings is 2. The molecule has 0 bridgehead atoms. The number of amides is 2. The predicted molar refractivity (Wildman–Crippen MR) is 99.1 cm³/mol. The standard InChI is InChI=1S/C19H15ClN2O5/c1-26-12-8-6-11(7-9-12)18(24)22-15(23)10-27-19(25)17-16(20)13-4-2-3-5-14(13)21-17/h2-9,21H,10H2,1H3,(H,22,23,24). The second-order valence-corrected chi connectivity index (χ2v) is 5.92. The molecule has 3 rings (SSSR count). The van der Waals surface area contributed by atoms with Crippen molar-refractivity contribution in [1.82, 2.24) is 10.3 Å². The molecule has 0 saturated heterocycles. The second-order valence-electron chi connectivity index (χ2n) is 5.54. The van der Waals surface area contributed by atoms with Gasteiger partial charge < -0.3 is 14.5 Å². The maximum atomic E-state index is 12.1. The van der Waals surface area contributed by atoms with Crippen molar-refractivity contribution in [3.8, 4) is 5.75 Å². The van der Waals surface area contributed by atoms with Crippen LogP contribution in [0, 0.1) is 0 Å². The quantitative estimate of drug-likeness (QED) is 0.657. The molecule has 1 aromatic heterocycles. The molecule has 2 amide bonds. The average molecular weight is 387 g/mol. The van der Waals surface area contributed by atoms with Crippen LogP contribution >= 0.6 is 11.6 Å². The number of aromatic amines is 1. The summed E-state index contributed by atoms with van der Waals surface area (Å²) < 4.78 is 9.93. The number of imide groups is 1. The lowest BCUT2D eigenvalue weighted by atomic mass is 10.2. The predicted octanol–water partition coefficient (Wildman–Crippen LogP) is 2.94. The number of para-hydroxylation sites is 1. The zero-order chi connectivity index (χ0) is 19.4. The summed E-state index contributed by atoms with van der Waals surface area (Å²) in [7, 11) is 1.51. The summed E-state index contributed by atoms with van der Waals surface area (Å²) in [5.41, 5.74) is 0.995. The summed E-state index contributed by atoms with van der Waals surface area (Å²) in [6, 6.07) is 13.3. The van der Waals surface area contributed by atoms with Gasteiger partial charge in [-0.15, -0.1) is 0 Å². The number of H-pyrrole nitrogens is 1. The minimum atomic E-state index is -0.789. The van der Waals surface area contributed by atoms with E-state index < -0.39 is 24.4 Å². The summed E-state index contributed by atoms with van der Waals surface area (Å²) in [5.74, 6) is -1.57. The lowest BCUT2D eigenvalue weighted by Crippen LogP contribution is -2.34. The van der Waals surface area contributed by atoms with Crippen LogP contribution in [0.3, 0.4) is 0 Å². The molecule has 3 aromatic rings. The van der Waals surface area contributed by atoms with Crippen molar-refractivity contribution in [2.45, 2.75) is 0 Å². The first-order chi connectivity index (χ1) is 13.0. The second kappa shape index (κ2) is 7.92. The van der Waals surface area contributed by atoms with E-state index >= 15 is 0 Å². The Labute approximate surface area is 159 Å². The highest BCUT2D eigenvalue weighted by molar-refractivity contribution is 6.38. The first-order valence-corrected chi connectivity index (χ1v) is 8.29. The smallest absolute Gasteiger partial charge is 0.356 e. The normalized spacial score (nSPS) is 10.4. The number of hydrogen-bond donors (Lipinski definition) is 2. The molecule has 0 spiro atoms. The van der Waals surface area contributed by atoms with Gasteiger partial charge in [-0.1, -0.05) is 29.8 Å². The van der Waals surface area contributed by atoms with Crippen LogP contribution < -0.4 is 10.1 Å². The maximum Gasteiger partial charge on any atom is 0.356 e. The van der Waals surface area contributed by atoms with E-state index in [1.165, 1.54) is 19.2 Å². The third kappa shape index (κ3) is 4.09. The van der Waals surface area contributed by atoms with Crippen LogP contribution in [-0.4, -0.2) is 36.5 Å². The molecule has 0 radical (unpaired) electrons. The fraction of sp³-hybridized carbons (Fsp3) is 0.105. The van der Waals surface area contributed by atoms with Crippen molar-refractivity contribution < 1.29 is 23.9 Å². The highest BCUT2D eigenvalue weighted by Gasteiger charge is 2.19. The van der Waals surface area contributed by atoms with Gasteiger partial charge >= 0.3 is 5.97 Å². The molecule has 2 aromatic carbocycles. The summed E-state index contributed by atoms with van der Waals surface area (Å²) in [6.07, 6.45) is 0. The number of esters is 1. The van der Waals surface area contributed by atoms with Crippen molar-refractivity contribution >= 4 is 40.3 Å². The van der Waals surface area contributed by atoms with Gasteiger partial charge in [0, 0.05) is 16.5 Å². The lowest BCUT2D eigenvalue weighted by molar-refractivity contribution is -0.123. The molecule has 1 heterocycles. The molecule has 27 heavy (non-hydrogen) atoms. The molecular formula is C19H15ClN2O5. The van der Waals surface area contributed by atoms with Gasteiger partial charge in [-0.2, -0.15) is 0 Å². The SMILES string of the molecule is COc1ccc(C(=O)NC(=O)COC(=O)c2[nH]c3ccccc3c2Cl)cc1. The van der Waals surface area contributed by atoms with E-state index in [-0.39, 0.29) is 16.3 Å². The van der Waals surface area contributed by atoms with Gasteiger partial charge in [0.15, 0.2) is 6.61 Å². The molecule has 8 heteroatoms. The Morgan fingerprint density at radius 1 is 1.07 bits per heavy atom. The van der Waals surface area contributed by atoms with Gasteiger partial charge in [0.1, 0.15) is 11.4 Å². The maximum absolute atomic E-state index is 12.1. The van der Waals surface area contributed by atoms with Crippen molar-refractivity contribution in [3.63, 3.8) is 0 Å². The highest BCUT2D eigenvalue weighted by Crippen LogP contribution is 2.27. The fourth-order valence-corrected chi connectivity index (χ4v) is 2.72. The Hall–Kier alpha value is -3.32. The Morgan fingerprint density at radius 3 is 2.44 bits per heavy atom. The molecule has 0 atom stereocenters. The van der Waals surface area contributed by atoms with Gasteiger partial charge in [-0.05, 0) is 30.3 Å². The van der Waals surface area contributed by atoms with E-state index in [2.05, 4.69) is 10.3 Å². The molecule has 0 aliphatic heterocycles. The summed E-state index contributed by atoms with van der Waals surface area (Å²) in [5, 5.41) is 3.03. The van der Waals surface area contributed by atoms with Gasteiger partial charge in [0.05, 0.1) is 12.1 Å². The van der Waals surface area contributed by atoms with Crippen LogP contribution in [0.15, 0.2) is 48.5 Å². The third-order valence-electron chi connectivity index (χ3n) is 3.79. The monoisotopic (exact) mass is 386 g/mol. The molecule has 0 fully saturated rings. The number of rotatable bonds is 5. The number of hydrogen-bond acceptors (Lipinski definition) is 5. The number of halogens is 1. The minimum absolute atomic E-state index is 0.0483. The van der Waals surface area contributed by atoms with Crippen LogP contribution in [0.1, 0.15) is 20.8 Å². The Kier molecular flexibility index (Phi) is 5.42. The van der Waals surface area contributed by atoms with Gasteiger partial charge in [0.25, 0.3) is 11.8 Å². The fourth-order valence-electron chi connectivity index (χ4n) is 2.43. The van der Waals surface area contributed by atoms with Crippen molar-refractivity contribution in [3.05, 3.63) is 64.8 Å². The number of carbonyl (C=O) groups is 3. The van der Waals surface area contributed by atoms with Crippen LogP contribution in [0.25, 0.3) is 10.9 Å². The van der Waals surface area contributed by atoms with Crippen LogP contribution in [-0.2, 0) is 9.53 Å². The molecule has 0 aliphatic carbocycles. The number of ether oxygens (including phenoxy) is 2. The molecule has 0 saturated carbocycles. The van der Waals surface area contributed by atoms with Crippen molar-refractivity contribution in [1.29, 1.82) is 0 Å². The molecule has 0 aliphatic rings. The zero-order valence-corrected chi connectivity index (χ0v) is 15.0. The van der Waals surface area contributed by atoms with E-state index in [1.54, 1.807) is 36.4 Å². The van der Waals surface area contributed by atoms with E-state index in [9.17, 15) is 14.4 Å². The van der Waals surface area contributed by atoms with Gasteiger partial charge in [-0.25, -0.2) is 4.79 Å². The van der Waals surface area contributed by atoms with Gasteiger partial charge in [-0.3, -0.25) is 14.9 Å². The number of nitrogens with one attached hydrogen (secondary N) is 2. The first-order valence-electron chi connectivity index (χ1n) is 7.91. The Morgan fingerprint density at radius 2 is 1.78 bits per heavy atom. The Balaban J connectivity index is 1.58. The van der Waals surface area contributed by atoms with Crippen LogP contribution in [0.5, 0.6) is 5.75 Å². The summed E-state index contributed by atoms with van der Waals surface area (Å²) in [4.78, 5) is 38.9. The van der Waals surface area contributed by atoms with Crippen LogP contribution in [0.2, 0.25) is 5.02 Å². The molecule has 0 unspecified atom stereocenters. The van der Waals surface area contributed by atoms with E-state index in [0.29, 0.717) is 16.7 Å². The van der Waals surface area contributed by atoms with E-state index in [1.807, 2.05) is 0 Å². The zero-order valence-electron chi connectivity index (χ0n) is 14.2. The average Bonchev–Trinajstić information content (AvgIpc) is 3.03. The lowest BCUT2D eigenvalue weighted by Gasteiger charge is -2.06. The number of methoxy groups -OCH3 is 1. The molecule has 138 valence electrons. The Bertz CT molecular complexity index is 1010. The van der Waals surface area contributed by atoms with Crippen molar-refractivity contribution in [2.24, 2.45) is 0 Å². The highest BCUT2D eigenvalue weighted by atomic mass is 35.5. The van der Waals surface area contributed by atoms with Gasteiger partial charge in [0.2, 0.25) is 0 Å². The summed E-state index contributed by atoms with van der Waals surface area (Å²) >= 11 is 6.16. The minimum Gasteiger partial charge on any atom is -0.497 e. The third-order valence-corrected chi connectivity index (χ3v) is 4.18. The van der Waals surface area contributed by atoms with Crippen molar-refractivity contribution in [2.75, 3.05) is 13.7 Å². The van der Waals surface area contributed by atoms with Crippen LogP contribution in [0.4, 0.5) is 0 Å². The molecule has 7 nitrogen and oxygen atoms in total. The number of carbonyl (C=O) groups excluding carboxylic acids is 3. The number of fused-ring (bicyclic) bond motifs is 1. The molecule has 2 N–H and O–H groups in total. The van der Waals surface area contributed by atoms with E-state index in [0.717, 1.165) is 0 Å². The largest absolute Gasteiger partial charge is 0.497 e. The molecular weight excluding hydrogens is 372 g/mol. The van der Waals surface area contributed by atoms with E-state index in [4.69, 9.17) is 21.1 Å².